The number of amides is 3. The van der Waals surface area contributed by atoms with Crippen molar-refractivity contribution in [3.05, 3.63) is 10.6 Å². The summed E-state index contributed by atoms with van der Waals surface area (Å²) in [7, 11) is 3.59. The monoisotopic (exact) mass is 508 g/mol. The first kappa shape index (κ1) is 25.9. The van der Waals surface area contributed by atoms with E-state index in [2.05, 4.69) is 10.6 Å². The fourth-order valence-corrected chi connectivity index (χ4v) is 7.22. The Morgan fingerprint density at radius 2 is 2.06 bits per heavy atom. The number of carbonyl (C=O) groups is 4. The van der Waals surface area contributed by atoms with Gasteiger partial charge in [-0.3, -0.25) is 14.4 Å². The number of nitrogens with one attached hydrogen (secondary N) is 2. The minimum atomic E-state index is -1.12. The number of nitrogens with zero attached hydrogens (tertiary/aromatic N) is 3. The molecule has 0 aromatic rings. The van der Waals surface area contributed by atoms with Gasteiger partial charge in [0.15, 0.2) is 0 Å². The molecule has 35 heavy (non-hydrogen) atoms. The Bertz CT molecular complexity index is 941. The number of likely N-dealkylation sites (N-methyl/N-ethyl adjacent to an activating group) is 1. The fraction of sp³-hybridized carbons (Fsp3) is 0.739. The summed E-state index contributed by atoms with van der Waals surface area (Å²) in [6.07, 6.45) is 1.40. The lowest BCUT2D eigenvalue weighted by molar-refractivity contribution is -0.158. The van der Waals surface area contributed by atoms with E-state index in [0.29, 0.717) is 31.0 Å². The van der Waals surface area contributed by atoms with Gasteiger partial charge < -0.3 is 36.2 Å². The molecule has 3 fully saturated rings. The number of carbonyl (C=O) groups excluding carboxylic acids is 3. The van der Waals surface area contributed by atoms with Crippen LogP contribution in [0.25, 0.3) is 0 Å². The van der Waals surface area contributed by atoms with Crippen molar-refractivity contribution in [2.24, 2.45) is 17.6 Å². The molecule has 0 aromatic carbocycles. The summed E-state index contributed by atoms with van der Waals surface area (Å²) in [5, 5.41) is 16.2. The lowest BCUT2D eigenvalue weighted by atomic mass is 9.78. The zero-order valence-corrected chi connectivity index (χ0v) is 21.5. The van der Waals surface area contributed by atoms with Crippen molar-refractivity contribution in [1.29, 1.82) is 0 Å². The standard InChI is InChI=1S/C23H36N6O5S/c1-11-18-17(12(2)26-16(30)10-27(3)4)22(32)29(18)19(23(33)34)20(11)35-14-7-15(25-8-14)21(31)28-6-5-13(24)9-28/h11-15,17-18,25H,5-10,24H2,1-4H3,(H,26,30)(H,33,34)/t11-,12?,13-,14+,15+,17-,18-/m1/s1. The number of nitrogens with two attached hydrogens (primary N) is 1. The van der Waals surface area contributed by atoms with Gasteiger partial charge in [-0.2, -0.15) is 0 Å². The van der Waals surface area contributed by atoms with Gasteiger partial charge in [0.1, 0.15) is 5.70 Å². The third-order valence-electron chi connectivity index (χ3n) is 7.40. The smallest absolute Gasteiger partial charge is 0.353 e. The minimum Gasteiger partial charge on any atom is -0.477 e. The van der Waals surface area contributed by atoms with Crippen LogP contribution in [0.4, 0.5) is 0 Å². The first-order valence-corrected chi connectivity index (χ1v) is 13.1. The van der Waals surface area contributed by atoms with Gasteiger partial charge in [-0.15, -0.1) is 11.8 Å². The highest BCUT2D eigenvalue weighted by molar-refractivity contribution is 8.03. The minimum absolute atomic E-state index is 0.0245. The number of carboxylic acid groups (broad SMARTS) is 1. The summed E-state index contributed by atoms with van der Waals surface area (Å²) >= 11 is 1.46. The van der Waals surface area contributed by atoms with E-state index in [1.165, 1.54) is 16.7 Å². The molecule has 12 heteroatoms. The number of thioether (sulfide) groups is 1. The maximum absolute atomic E-state index is 13.0. The van der Waals surface area contributed by atoms with Crippen molar-refractivity contribution < 1.29 is 24.3 Å². The van der Waals surface area contributed by atoms with Crippen LogP contribution in [0.15, 0.2) is 10.6 Å². The molecule has 7 atom stereocenters. The normalized spacial score (nSPS) is 33.3. The largest absolute Gasteiger partial charge is 0.477 e. The third-order valence-corrected chi connectivity index (χ3v) is 8.91. The molecule has 5 N–H and O–H groups in total. The first-order valence-electron chi connectivity index (χ1n) is 12.2. The number of carboxylic acids is 1. The molecule has 0 aromatic heterocycles. The van der Waals surface area contributed by atoms with E-state index in [9.17, 15) is 24.3 Å². The van der Waals surface area contributed by atoms with Gasteiger partial charge in [-0.25, -0.2) is 4.79 Å². The SMILES string of the molecule is CC(NC(=O)CN(C)C)[C@H]1C(=O)N2C(C(=O)O)=C(S[C@@H]3CN[C@H](C(=O)N4CC[C@@H](N)C4)C3)[C@H](C)[C@H]12. The van der Waals surface area contributed by atoms with Crippen LogP contribution < -0.4 is 16.4 Å². The topological polar surface area (TPSA) is 148 Å². The molecule has 194 valence electrons. The lowest BCUT2D eigenvalue weighted by Gasteiger charge is -2.47. The van der Waals surface area contributed by atoms with E-state index in [4.69, 9.17) is 5.73 Å². The van der Waals surface area contributed by atoms with Gasteiger partial charge in [0.25, 0.3) is 0 Å². The van der Waals surface area contributed by atoms with Crippen molar-refractivity contribution in [2.45, 2.75) is 56.1 Å². The Balaban J connectivity index is 1.42. The van der Waals surface area contributed by atoms with Crippen molar-refractivity contribution in [3.63, 3.8) is 0 Å². The molecule has 1 unspecified atom stereocenters. The Kier molecular flexibility index (Phi) is 7.46. The van der Waals surface area contributed by atoms with Crippen molar-refractivity contribution in [1.82, 2.24) is 25.3 Å². The van der Waals surface area contributed by atoms with E-state index >= 15 is 0 Å². The van der Waals surface area contributed by atoms with E-state index in [0.717, 1.165) is 6.42 Å². The molecule has 4 heterocycles. The first-order chi connectivity index (χ1) is 16.5. The van der Waals surface area contributed by atoms with Crippen molar-refractivity contribution in [3.8, 4) is 0 Å². The van der Waals surface area contributed by atoms with Crippen LogP contribution in [0.5, 0.6) is 0 Å². The number of hydrogen-bond donors (Lipinski definition) is 4. The molecule has 0 saturated carbocycles. The fourth-order valence-electron chi connectivity index (χ4n) is 5.74. The van der Waals surface area contributed by atoms with Crippen LogP contribution in [0.2, 0.25) is 0 Å². The lowest BCUT2D eigenvalue weighted by Crippen LogP contribution is -2.66. The van der Waals surface area contributed by atoms with E-state index < -0.39 is 17.9 Å². The molecule has 3 saturated heterocycles. The third kappa shape index (κ3) is 4.93. The predicted molar refractivity (Wildman–Crippen MR) is 131 cm³/mol. The van der Waals surface area contributed by atoms with E-state index in [1.54, 1.807) is 30.8 Å². The number of aliphatic carboxylic acids is 1. The van der Waals surface area contributed by atoms with Crippen LogP contribution in [0, 0.1) is 11.8 Å². The van der Waals surface area contributed by atoms with Crippen LogP contribution in [0.3, 0.4) is 0 Å². The number of fused-ring (bicyclic) bond motifs is 1. The van der Waals surface area contributed by atoms with Crippen LogP contribution >= 0.6 is 11.8 Å². The van der Waals surface area contributed by atoms with Gasteiger partial charge in [0.2, 0.25) is 17.7 Å². The van der Waals surface area contributed by atoms with Gasteiger partial charge in [-0.05, 0) is 33.9 Å². The van der Waals surface area contributed by atoms with Gasteiger partial charge in [0.05, 0.1) is 24.5 Å². The number of rotatable bonds is 8. The molecular formula is C23H36N6O5S. The molecule has 3 amide bonds. The summed E-state index contributed by atoms with van der Waals surface area (Å²) in [4.78, 5) is 55.9. The van der Waals surface area contributed by atoms with Gasteiger partial charge in [-0.1, -0.05) is 6.92 Å². The molecule has 11 nitrogen and oxygen atoms in total. The summed E-state index contributed by atoms with van der Waals surface area (Å²) in [6, 6.07) is -0.983. The summed E-state index contributed by atoms with van der Waals surface area (Å²) in [5.41, 5.74) is 5.98. The Hall–Kier alpha value is -2.15. The number of hydrogen-bond acceptors (Lipinski definition) is 8. The van der Waals surface area contributed by atoms with E-state index in [-0.39, 0.29) is 59.3 Å². The van der Waals surface area contributed by atoms with Crippen LogP contribution in [-0.2, 0) is 19.2 Å². The molecule has 0 spiro atoms. The maximum atomic E-state index is 13.0. The van der Waals surface area contributed by atoms with Gasteiger partial charge >= 0.3 is 5.97 Å². The van der Waals surface area contributed by atoms with Crippen LogP contribution in [-0.4, -0.2) is 113 Å². The Morgan fingerprint density at radius 1 is 1.34 bits per heavy atom. The Morgan fingerprint density at radius 3 is 2.66 bits per heavy atom. The zero-order chi connectivity index (χ0) is 25.6. The van der Waals surface area contributed by atoms with Crippen molar-refractivity contribution >= 4 is 35.5 Å². The average molecular weight is 509 g/mol. The summed E-state index contributed by atoms with van der Waals surface area (Å²) in [5.74, 6) is -2.16. The predicted octanol–water partition coefficient (Wildman–Crippen LogP) is -1.15. The summed E-state index contributed by atoms with van der Waals surface area (Å²) in [6.45, 7) is 5.79. The number of likely N-dealkylation sites (tertiary alicyclic amines) is 1. The van der Waals surface area contributed by atoms with Crippen LogP contribution in [0.1, 0.15) is 26.7 Å². The molecule has 4 aliphatic heterocycles. The molecule has 4 aliphatic rings. The highest BCUT2D eigenvalue weighted by Gasteiger charge is 2.60. The highest BCUT2D eigenvalue weighted by Crippen LogP contribution is 2.51. The maximum Gasteiger partial charge on any atom is 0.353 e. The number of β-lactam (4-membered cyclic amide) rings is 1. The molecule has 0 radical (unpaired) electrons. The second-order valence-corrected chi connectivity index (χ2v) is 11.7. The summed E-state index contributed by atoms with van der Waals surface area (Å²) < 4.78 is 0. The quantitative estimate of drug-likeness (QED) is 0.298. The Labute approximate surface area is 209 Å². The molecule has 0 aliphatic carbocycles. The average Bonchev–Trinajstić information content (AvgIpc) is 3.45. The zero-order valence-electron chi connectivity index (χ0n) is 20.7. The highest BCUT2D eigenvalue weighted by atomic mass is 32.2. The second kappa shape index (κ2) is 10.1. The second-order valence-electron chi connectivity index (χ2n) is 10.4. The molecule has 0 bridgehead atoms. The molecule has 4 rings (SSSR count). The van der Waals surface area contributed by atoms with Crippen molar-refractivity contribution in [2.75, 3.05) is 40.3 Å². The van der Waals surface area contributed by atoms with Gasteiger partial charge in [0, 0.05) is 47.8 Å². The molecular weight excluding hydrogens is 472 g/mol. The van der Waals surface area contributed by atoms with E-state index in [1.807, 2.05) is 6.92 Å².